The Morgan fingerprint density at radius 3 is 2.69 bits per heavy atom. The third-order valence-electron chi connectivity index (χ3n) is 5.27. The van der Waals surface area contributed by atoms with E-state index in [9.17, 15) is 4.79 Å². The van der Waals surface area contributed by atoms with E-state index < -0.39 is 0 Å². The number of benzene rings is 1. The van der Waals surface area contributed by atoms with Gasteiger partial charge in [0.05, 0.1) is 11.6 Å². The molecule has 0 radical (unpaired) electrons. The van der Waals surface area contributed by atoms with Crippen LogP contribution >= 0.6 is 0 Å². The van der Waals surface area contributed by atoms with E-state index in [1.807, 2.05) is 61.1 Å². The zero-order valence-electron chi connectivity index (χ0n) is 15.4. The number of para-hydroxylation sites is 1. The number of rotatable bonds is 5. The zero-order chi connectivity index (χ0) is 18.1. The molecule has 136 valence electrons. The van der Waals surface area contributed by atoms with Crippen LogP contribution in [-0.2, 0) is 7.05 Å². The maximum absolute atomic E-state index is 12.9. The number of amides is 1. The predicted octanol–water partition coefficient (Wildman–Crippen LogP) is 3.65. The Morgan fingerprint density at radius 2 is 1.96 bits per heavy atom. The van der Waals surface area contributed by atoms with E-state index in [0.717, 1.165) is 41.1 Å². The first kappa shape index (κ1) is 16.9. The Kier molecular flexibility index (Phi) is 4.55. The first-order valence-electron chi connectivity index (χ1n) is 9.26. The molecular formula is C21H25N3O2. The van der Waals surface area contributed by atoms with Crippen LogP contribution in [-0.4, -0.2) is 35.0 Å². The minimum absolute atomic E-state index is 0.0331. The van der Waals surface area contributed by atoms with Gasteiger partial charge < -0.3 is 14.3 Å². The fraction of sp³-hybridized carbons (Fsp3) is 0.381. The largest absolute Gasteiger partial charge is 0.465 e. The molecule has 0 aliphatic carbocycles. The van der Waals surface area contributed by atoms with E-state index in [1.54, 1.807) is 0 Å². The molecule has 1 unspecified atom stereocenters. The van der Waals surface area contributed by atoms with Gasteiger partial charge in [0, 0.05) is 30.7 Å². The lowest BCUT2D eigenvalue weighted by Gasteiger charge is -2.26. The van der Waals surface area contributed by atoms with Crippen LogP contribution < -0.4 is 5.32 Å². The summed E-state index contributed by atoms with van der Waals surface area (Å²) in [6, 6.07) is 12.1. The SMILES string of the molecule is Cc1ccc(C(CNC(=O)c2cn(C)c3ccccc23)N2CCCC2)o1. The van der Waals surface area contributed by atoms with Gasteiger partial charge in [-0.2, -0.15) is 0 Å². The third-order valence-corrected chi connectivity index (χ3v) is 5.27. The summed E-state index contributed by atoms with van der Waals surface area (Å²) in [7, 11) is 1.97. The molecule has 3 heterocycles. The number of nitrogens with zero attached hydrogens (tertiary/aromatic N) is 2. The van der Waals surface area contributed by atoms with E-state index in [4.69, 9.17) is 4.42 Å². The summed E-state index contributed by atoms with van der Waals surface area (Å²) < 4.78 is 7.87. The van der Waals surface area contributed by atoms with Crippen molar-refractivity contribution in [3.8, 4) is 0 Å². The monoisotopic (exact) mass is 351 g/mol. The maximum atomic E-state index is 12.9. The van der Waals surface area contributed by atoms with Crippen LogP contribution in [0.1, 0.15) is 40.8 Å². The lowest BCUT2D eigenvalue weighted by atomic mass is 10.1. The second kappa shape index (κ2) is 7.00. The Hall–Kier alpha value is -2.53. The third kappa shape index (κ3) is 3.15. The highest BCUT2D eigenvalue weighted by Gasteiger charge is 2.27. The van der Waals surface area contributed by atoms with Crippen molar-refractivity contribution in [3.63, 3.8) is 0 Å². The number of aryl methyl sites for hydroxylation is 2. The van der Waals surface area contributed by atoms with Gasteiger partial charge >= 0.3 is 0 Å². The van der Waals surface area contributed by atoms with Gasteiger partial charge in [0.15, 0.2) is 0 Å². The molecule has 5 heteroatoms. The van der Waals surface area contributed by atoms with Gasteiger partial charge in [0.2, 0.25) is 0 Å². The van der Waals surface area contributed by atoms with E-state index in [0.29, 0.717) is 6.54 Å². The zero-order valence-corrected chi connectivity index (χ0v) is 15.4. The summed E-state index contributed by atoms with van der Waals surface area (Å²) in [5.74, 6) is 1.81. The van der Waals surface area contributed by atoms with Crippen molar-refractivity contribution in [2.45, 2.75) is 25.8 Å². The van der Waals surface area contributed by atoms with Gasteiger partial charge in [-0.1, -0.05) is 18.2 Å². The standard InChI is InChI=1S/C21H25N3O2/c1-15-9-10-20(26-15)19(24-11-5-6-12-24)13-22-21(25)17-14-23(2)18-8-4-3-7-16(17)18/h3-4,7-10,14,19H,5-6,11-13H2,1-2H3,(H,22,25). The van der Waals surface area contributed by atoms with E-state index >= 15 is 0 Å². The van der Waals surface area contributed by atoms with Crippen LogP contribution in [0.5, 0.6) is 0 Å². The van der Waals surface area contributed by atoms with Crippen molar-refractivity contribution < 1.29 is 9.21 Å². The predicted molar refractivity (Wildman–Crippen MR) is 102 cm³/mol. The maximum Gasteiger partial charge on any atom is 0.253 e. The summed E-state index contributed by atoms with van der Waals surface area (Å²) in [5, 5.41) is 4.12. The van der Waals surface area contributed by atoms with Gasteiger partial charge in [-0.25, -0.2) is 0 Å². The number of aromatic nitrogens is 1. The van der Waals surface area contributed by atoms with Crippen molar-refractivity contribution in [2.75, 3.05) is 19.6 Å². The molecule has 1 aliphatic heterocycles. The van der Waals surface area contributed by atoms with Crippen LogP contribution in [0.4, 0.5) is 0 Å². The van der Waals surface area contributed by atoms with Gasteiger partial charge in [-0.15, -0.1) is 0 Å². The van der Waals surface area contributed by atoms with Gasteiger partial charge in [-0.05, 0) is 51.1 Å². The molecule has 1 aliphatic rings. The highest BCUT2D eigenvalue weighted by atomic mass is 16.3. The smallest absolute Gasteiger partial charge is 0.253 e. The van der Waals surface area contributed by atoms with Crippen LogP contribution in [0.2, 0.25) is 0 Å². The molecule has 3 aromatic rings. The van der Waals surface area contributed by atoms with Gasteiger partial charge in [0.25, 0.3) is 5.91 Å². The Bertz CT molecular complexity index is 918. The number of furan rings is 1. The topological polar surface area (TPSA) is 50.4 Å². The Labute approximate surface area is 153 Å². The van der Waals surface area contributed by atoms with Gasteiger partial charge in [-0.3, -0.25) is 9.69 Å². The lowest BCUT2D eigenvalue weighted by molar-refractivity contribution is 0.0935. The number of carbonyl (C=O) groups excluding carboxylic acids is 1. The van der Waals surface area contributed by atoms with E-state index in [1.165, 1.54) is 12.8 Å². The molecule has 1 atom stereocenters. The normalized spacial score (nSPS) is 16.2. The summed E-state index contributed by atoms with van der Waals surface area (Å²) in [4.78, 5) is 15.3. The molecule has 0 bridgehead atoms. The Balaban J connectivity index is 1.54. The highest BCUT2D eigenvalue weighted by molar-refractivity contribution is 6.06. The number of fused-ring (bicyclic) bond motifs is 1. The Morgan fingerprint density at radius 1 is 1.19 bits per heavy atom. The van der Waals surface area contributed by atoms with Crippen LogP contribution in [0, 0.1) is 6.92 Å². The first-order valence-corrected chi connectivity index (χ1v) is 9.26. The van der Waals surface area contributed by atoms with Crippen molar-refractivity contribution in [1.82, 2.24) is 14.8 Å². The molecule has 1 fully saturated rings. The number of nitrogens with one attached hydrogen (secondary N) is 1. The average molecular weight is 351 g/mol. The number of likely N-dealkylation sites (tertiary alicyclic amines) is 1. The van der Waals surface area contributed by atoms with Gasteiger partial charge in [0.1, 0.15) is 11.5 Å². The molecule has 5 nitrogen and oxygen atoms in total. The number of hydrogen-bond donors (Lipinski definition) is 1. The summed E-state index contributed by atoms with van der Waals surface area (Å²) in [6.45, 7) is 4.61. The molecule has 0 spiro atoms. The molecule has 0 saturated carbocycles. The molecular weight excluding hydrogens is 326 g/mol. The van der Waals surface area contributed by atoms with Crippen molar-refractivity contribution in [2.24, 2.45) is 7.05 Å². The molecule has 4 rings (SSSR count). The van der Waals surface area contributed by atoms with Crippen molar-refractivity contribution in [1.29, 1.82) is 0 Å². The first-order chi connectivity index (χ1) is 12.6. The molecule has 1 amide bonds. The van der Waals surface area contributed by atoms with E-state index in [2.05, 4.69) is 10.2 Å². The number of carbonyl (C=O) groups is 1. The molecule has 1 N–H and O–H groups in total. The molecule has 1 aromatic carbocycles. The van der Waals surface area contributed by atoms with Crippen LogP contribution in [0.3, 0.4) is 0 Å². The van der Waals surface area contributed by atoms with Crippen molar-refractivity contribution >= 4 is 16.8 Å². The van der Waals surface area contributed by atoms with Crippen molar-refractivity contribution in [3.05, 3.63) is 59.7 Å². The fourth-order valence-electron chi connectivity index (χ4n) is 3.90. The van der Waals surface area contributed by atoms with E-state index in [-0.39, 0.29) is 11.9 Å². The quantitative estimate of drug-likeness (QED) is 0.763. The minimum Gasteiger partial charge on any atom is -0.465 e. The summed E-state index contributed by atoms with van der Waals surface area (Å²) in [6.07, 6.45) is 4.31. The summed E-state index contributed by atoms with van der Waals surface area (Å²) in [5.41, 5.74) is 1.79. The lowest BCUT2D eigenvalue weighted by Crippen LogP contribution is -2.36. The number of hydrogen-bond acceptors (Lipinski definition) is 3. The second-order valence-electron chi connectivity index (χ2n) is 7.09. The molecule has 1 saturated heterocycles. The minimum atomic E-state index is -0.0331. The molecule has 2 aromatic heterocycles. The highest BCUT2D eigenvalue weighted by Crippen LogP contribution is 2.26. The summed E-state index contributed by atoms with van der Waals surface area (Å²) >= 11 is 0. The fourth-order valence-corrected chi connectivity index (χ4v) is 3.90. The van der Waals surface area contributed by atoms with Crippen LogP contribution in [0.15, 0.2) is 47.0 Å². The van der Waals surface area contributed by atoms with Crippen LogP contribution in [0.25, 0.3) is 10.9 Å². The second-order valence-corrected chi connectivity index (χ2v) is 7.09. The molecule has 26 heavy (non-hydrogen) atoms. The average Bonchev–Trinajstić information content (AvgIpc) is 3.37.